The van der Waals surface area contributed by atoms with Gasteiger partial charge in [0.1, 0.15) is 11.3 Å². The molecule has 0 N–H and O–H groups in total. The number of esters is 1. The molecule has 2 heterocycles. The standard InChI is InChI=1S/C11H10N2O3/c1-15-11(14)8-5-12-10-7(13-8)4-9(16-10)6-2-3-6/h4-6H,2-3H2,1H3. The number of rotatable bonds is 2. The zero-order valence-electron chi connectivity index (χ0n) is 8.77. The normalized spacial score (nSPS) is 15.3. The van der Waals surface area contributed by atoms with Crippen molar-refractivity contribution in [3.63, 3.8) is 0 Å². The van der Waals surface area contributed by atoms with Gasteiger partial charge in [-0.3, -0.25) is 0 Å². The fraction of sp³-hybridized carbons (Fsp3) is 0.364. The van der Waals surface area contributed by atoms with Crippen molar-refractivity contribution in [1.82, 2.24) is 9.97 Å². The van der Waals surface area contributed by atoms with Crippen LogP contribution in [0.4, 0.5) is 0 Å². The van der Waals surface area contributed by atoms with Gasteiger partial charge in [-0.05, 0) is 12.8 Å². The number of furan rings is 1. The van der Waals surface area contributed by atoms with E-state index >= 15 is 0 Å². The van der Waals surface area contributed by atoms with Crippen LogP contribution in [0, 0.1) is 0 Å². The van der Waals surface area contributed by atoms with Crippen LogP contribution >= 0.6 is 0 Å². The van der Waals surface area contributed by atoms with E-state index in [0.29, 0.717) is 17.1 Å². The molecule has 5 nitrogen and oxygen atoms in total. The van der Waals surface area contributed by atoms with Gasteiger partial charge in [-0.15, -0.1) is 0 Å². The lowest BCUT2D eigenvalue weighted by molar-refractivity contribution is 0.0594. The Bertz CT molecular complexity index is 557. The van der Waals surface area contributed by atoms with Crippen molar-refractivity contribution in [2.75, 3.05) is 7.11 Å². The monoisotopic (exact) mass is 218 g/mol. The number of carbonyl (C=O) groups is 1. The first-order valence-corrected chi connectivity index (χ1v) is 5.12. The van der Waals surface area contributed by atoms with Gasteiger partial charge in [0.05, 0.1) is 13.3 Å². The molecule has 0 bridgehead atoms. The molecule has 0 amide bonds. The molecule has 0 unspecified atom stereocenters. The number of carbonyl (C=O) groups excluding carboxylic acids is 1. The number of methoxy groups -OCH3 is 1. The molecule has 1 aliphatic rings. The summed E-state index contributed by atoms with van der Waals surface area (Å²) in [5.74, 6) is 0.943. The maximum Gasteiger partial charge on any atom is 0.358 e. The molecule has 5 heteroatoms. The van der Waals surface area contributed by atoms with Crippen LogP contribution in [0.3, 0.4) is 0 Å². The molecular weight excluding hydrogens is 208 g/mol. The van der Waals surface area contributed by atoms with Gasteiger partial charge in [-0.25, -0.2) is 14.8 Å². The molecule has 1 saturated carbocycles. The van der Waals surface area contributed by atoms with Crippen LogP contribution < -0.4 is 0 Å². The first-order chi connectivity index (χ1) is 7.78. The van der Waals surface area contributed by atoms with Crippen molar-refractivity contribution in [2.24, 2.45) is 0 Å². The predicted molar refractivity (Wildman–Crippen MR) is 55.1 cm³/mol. The van der Waals surface area contributed by atoms with E-state index in [1.807, 2.05) is 6.07 Å². The van der Waals surface area contributed by atoms with Crippen LogP contribution in [-0.2, 0) is 4.74 Å². The van der Waals surface area contributed by atoms with Crippen LogP contribution in [-0.4, -0.2) is 23.0 Å². The molecule has 2 aromatic rings. The zero-order chi connectivity index (χ0) is 11.1. The van der Waals surface area contributed by atoms with Gasteiger partial charge in [0.2, 0.25) is 5.71 Å². The van der Waals surface area contributed by atoms with Crippen molar-refractivity contribution in [3.05, 3.63) is 23.7 Å². The van der Waals surface area contributed by atoms with Gasteiger partial charge < -0.3 is 9.15 Å². The minimum Gasteiger partial charge on any atom is -0.464 e. The van der Waals surface area contributed by atoms with Gasteiger partial charge in [0.25, 0.3) is 0 Å². The second-order valence-electron chi connectivity index (χ2n) is 3.86. The average Bonchev–Trinajstić information content (AvgIpc) is 3.07. The van der Waals surface area contributed by atoms with Crippen molar-refractivity contribution < 1.29 is 13.9 Å². The second kappa shape index (κ2) is 3.30. The minimum atomic E-state index is -0.483. The summed E-state index contributed by atoms with van der Waals surface area (Å²) >= 11 is 0. The van der Waals surface area contributed by atoms with E-state index in [0.717, 1.165) is 18.6 Å². The number of ether oxygens (including phenoxy) is 1. The minimum absolute atomic E-state index is 0.207. The number of hydrogen-bond donors (Lipinski definition) is 0. The maximum absolute atomic E-state index is 11.3. The predicted octanol–water partition coefficient (Wildman–Crippen LogP) is 1.89. The average molecular weight is 218 g/mol. The summed E-state index contributed by atoms with van der Waals surface area (Å²) in [5.41, 5.74) is 1.30. The quantitative estimate of drug-likeness (QED) is 0.720. The smallest absolute Gasteiger partial charge is 0.358 e. The molecule has 0 spiro atoms. The zero-order valence-corrected chi connectivity index (χ0v) is 8.77. The Kier molecular flexibility index (Phi) is 1.92. The van der Waals surface area contributed by atoms with E-state index < -0.39 is 5.97 Å². The van der Waals surface area contributed by atoms with Crippen LogP contribution in [0.2, 0.25) is 0 Å². The van der Waals surface area contributed by atoms with Gasteiger partial charge >= 0.3 is 5.97 Å². The largest absolute Gasteiger partial charge is 0.464 e. The summed E-state index contributed by atoms with van der Waals surface area (Å²) in [6.07, 6.45) is 3.68. The molecule has 0 aromatic carbocycles. The maximum atomic E-state index is 11.3. The van der Waals surface area contributed by atoms with Crippen LogP contribution in [0.25, 0.3) is 11.2 Å². The van der Waals surface area contributed by atoms with E-state index in [2.05, 4.69) is 14.7 Å². The number of hydrogen-bond acceptors (Lipinski definition) is 5. The third kappa shape index (κ3) is 1.44. The topological polar surface area (TPSA) is 65.2 Å². The highest BCUT2D eigenvalue weighted by Gasteiger charge is 2.28. The number of aromatic nitrogens is 2. The van der Waals surface area contributed by atoms with Crippen LogP contribution in [0.1, 0.15) is 35.0 Å². The highest BCUT2D eigenvalue weighted by Crippen LogP contribution is 2.41. The molecule has 2 aromatic heterocycles. The lowest BCUT2D eigenvalue weighted by Gasteiger charge is -1.95. The first-order valence-electron chi connectivity index (χ1n) is 5.12. The highest BCUT2D eigenvalue weighted by atomic mass is 16.5. The Balaban J connectivity index is 2.06. The fourth-order valence-corrected chi connectivity index (χ4v) is 1.61. The molecule has 1 fully saturated rings. The Morgan fingerprint density at radius 3 is 3.06 bits per heavy atom. The Labute approximate surface area is 91.4 Å². The molecule has 0 saturated heterocycles. The molecule has 0 aliphatic heterocycles. The molecule has 16 heavy (non-hydrogen) atoms. The third-order valence-electron chi connectivity index (χ3n) is 2.63. The molecule has 82 valence electrons. The summed E-state index contributed by atoms with van der Waals surface area (Å²) in [4.78, 5) is 19.5. The van der Waals surface area contributed by atoms with E-state index in [1.54, 1.807) is 0 Å². The second-order valence-corrected chi connectivity index (χ2v) is 3.86. The summed E-state index contributed by atoms with van der Waals surface area (Å²) in [5, 5.41) is 0. The van der Waals surface area contributed by atoms with Crippen molar-refractivity contribution in [1.29, 1.82) is 0 Å². The molecule has 0 atom stereocenters. The Morgan fingerprint density at radius 1 is 1.56 bits per heavy atom. The van der Waals surface area contributed by atoms with E-state index in [9.17, 15) is 4.79 Å². The van der Waals surface area contributed by atoms with Gasteiger partial charge in [0, 0.05) is 12.0 Å². The lowest BCUT2D eigenvalue weighted by Crippen LogP contribution is -2.04. The van der Waals surface area contributed by atoms with Crippen LogP contribution in [0.5, 0.6) is 0 Å². The fourth-order valence-electron chi connectivity index (χ4n) is 1.61. The lowest BCUT2D eigenvalue weighted by atomic mass is 10.3. The van der Waals surface area contributed by atoms with Crippen molar-refractivity contribution >= 4 is 17.2 Å². The summed E-state index contributed by atoms with van der Waals surface area (Å²) in [7, 11) is 1.32. The van der Waals surface area contributed by atoms with Crippen molar-refractivity contribution in [3.8, 4) is 0 Å². The Morgan fingerprint density at radius 2 is 2.38 bits per heavy atom. The number of nitrogens with zero attached hydrogens (tertiary/aromatic N) is 2. The van der Waals surface area contributed by atoms with Gasteiger partial charge in [-0.2, -0.15) is 0 Å². The summed E-state index contributed by atoms with van der Waals surface area (Å²) < 4.78 is 10.1. The molecule has 3 rings (SSSR count). The molecule has 1 aliphatic carbocycles. The highest BCUT2D eigenvalue weighted by molar-refractivity contribution is 5.88. The number of fused-ring (bicyclic) bond motifs is 1. The molecular formula is C11H10N2O3. The first kappa shape index (κ1) is 9.33. The summed E-state index contributed by atoms with van der Waals surface area (Å²) in [6, 6.07) is 1.85. The van der Waals surface area contributed by atoms with Gasteiger partial charge in [-0.1, -0.05) is 0 Å². The van der Waals surface area contributed by atoms with Crippen molar-refractivity contribution in [2.45, 2.75) is 18.8 Å². The Hall–Kier alpha value is -1.91. The van der Waals surface area contributed by atoms with E-state index in [-0.39, 0.29) is 5.69 Å². The third-order valence-corrected chi connectivity index (χ3v) is 2.63. The van der Waals surface area contributed by atoms with Crippen LogP contribution in [0.15, 0.2) is 16.7 Å². The molecule has 0 radical (unpaired) electrons. The summed E-state index contributed by atoms with van der Waals surface area (Å²) in [6.45, 7) is 0. The van der Waals surface area contributed by atoms with Gasteiger partial charge in [0.15, 0.2) is 5.69 Å². The SMILES string of the molecule is COC(=O)c1cnc2oc(C3CC3)cc2n1. The van der Waals surface area contributed by atoms with E-state index in [1.165, 1.54) is 13.3 Å². The van der Waals surface area contributed by atoms with E-state index in [4.69, 9.17) is 4.42 Å².